The van der Waals surface area contributed by atoms with Crippen LogP contribution in [0.1, 0.15) is 45.6 Å². The molecule has 6 nitrogen and oxygen atoms in total. The summed E-state index contributed by atoms with van der Waals surface area (Å²) in [5.41, 5.74) is 6.97. The molecule has 3 aromatic carbocycles. The quantitative estimate of drug-likeness (QED) is 0.220. The highest BCUT2D eigenvalue weighted by molar-refractivity contribution is 6.22. The molecule has 4 atom stereocenters. The molecule has 0 unspecified atom stereocenters. The number of phenols is 1. The number of para-hydroxylation sites is 2. The van der Waals surface area contributed by atoms with Crippen LogP contribution >= 0.6 is 0 Å². The Balaban J connectivity index is 1.20. The first-order chi connectivity index (χ1) is 20.3. The first kappa shape index (κ1) is 28.0. The van der Waals surface area contributed by atoms with Gasteiger partial charge in [0.2, 0.25) is 11.8 Å². The molecule has 3 aromatic rings. The van der Waals surface area contributed by atoms with Crippen LogP contribution in [0.2, 0.25) is 0 Å². The van der Waals surface area contributed by atoms with Crippen molar-refractivity contribution in [3.05, 3.63) is 101 Å². The van der Waals surface area contributed by atoms with Crippen molar-refractivity contribution in [2.45, 2.75) is 46.1 Å². The summed E-state index contributed by atoms with van der Waals surface area (Å²) >= 11 is 0. The fraction of sp³-hybridized carbons (Fsp3) is 0.333. The number of nitrogens with one attached hydrogen (secondary N) is 1. The second kappa shape index (κ2) is 11.6. The second-order valence-electron chi connectivity index (χ2n) is 12.0. The van der Waals surface area contributed by atoms with Gasteiger partial charge in [-0.25, -0.2) is 0 Å². The molecule has 6 rings (SSSR count). The summed E-state index contributed by atoms with van der Waals surface area (Å²) in [5.74, 6) is -0.487. The van der Waals surface area contributed by atoms with Gasteiger partial charge in [0, 0.05) is 22.9 Å². The molecule has 1 aliphatic carbocycles. The van der Waals surface area contributed by atoms with Crippen LogP contribution in [0.25, 0.3) is 6.08 Å². The number of imide groups is 1. The zero-order chi connectivity index (χ0) is 29.4. The number of allylic oxidation sites excluding steroid dienone is 2. The summed E-state index contributed by atoms with van der Waals surface area (Å²) < 4.78 is 6.38. The predicted molar refractivity (Wildman–Crippen MR) is 166 cm³/mol. The molecule has 216 valence electrons. The second-order valence-corrected chi connectivity index (χ2v) is 12.0. The number of anilines is 3. The van der Waals surface area contributed by atoms with Crippen LogP contribution in [0.15, 0.2) is 95.6 Å². The molecule has 2 heterocycles. The van der Waals surface area contributed by atoms with Crippen molar-refractivity contribution in [1.82, 2.24) is 0 Å². The van der Waals surface area contributed by atoms with Crippen LogP contribution in [0.4, 0.5) is 17.1 Å². The van der Waals surface area contributed by atoms with E-state index in [0.29, 0.717) is 18.7 Å². The van der Waals surface area contributed by atoms with Gasteiger partial charge in [0.05, 0.1) is 30.2 Å². The summed E-state index contributed by atoms with van der Waals surface area (Å²) in [4.78, 5) is 29.1. The first-order valence-corrected chi connectivity index (χ1v) is 14.9. The van der Waals surface area contributed by atoms with Crippen LogP contribution in [0, 0.1) is 23.7 Å². The summed E-state index contributed by atoms with van der Waals surface area (Å²) in [6, 6.07) is 24.8. The average molecular weight is 563 g/mol. The third-order valence-electron chi connectivity index (χ3n) is 8.97. The van der Waals surface area contributed by atoms with Crippen LogP contribution in [0.3, 0.4) is 0 Å². The van der Waals surface area contributed by atoms with Gasteiger partial charge in [0.25, 0.3) is 0 Å². The number of hydrogen-bond acceptors (Lipinski definition) is 5. The van der Waals surface area contributed by atoms with Gasteiger partial charge in [-0.3, -0.25) is 14.5 Å². The molecule has 0 bridgehead atoms. The lowest BCUT2D eigenvalue weighted by molar-refractivity contribution is -0.122. The average Bonchev–Trinajstić information content (AvgIpc) is 3.52. The minimum absolute atomic E-state index is 0.0682. The Kier molecular flexibility index (Phi) is 7.74. The number of ether oxygens (including phenoxy) is 1. The number of phenolic OH excluding ortho intramolecular Hbond substituents is 1. The van der Waals surface area contributed by atoms with Crippen molar-refractivity contribution in [3.63, 3.8) is 0 Å². The van der Waals surface area contributed by atoms with Crippen LogP contribution < -0.4 is 10.2 Å². The van der Waals surface area contributed by atoms with Crippen molar-refractivity contribution < 1.29 is 19.4 Å². The largest absolute Gasteiger partial charge is 0.507 e. The van der Waals surface area contributed by atoms with Crippen molar-refractivity contribution in [2.24, 2.45) is 23.7 Å². The normalized spacial score (nSPS) is 23.9. The Morgan fingerprint density at radius 2 is 1.64 bits per heavy atom. The Hall–Kier alpha value is -4.16. The Morgan fingerprint density at radius 3 is 2.36 bits per heavy atom. The fourth-order valence-corrected chi connectivity index (χ4v) is 6.90. The molecule has 0 radical (unpaired) electrons. The molecule has 42 heavy (non-hydrogen) atoms. The lowest BCUT2D eigenvalue weighted by atomic mass is 9.67. The molecule has 6 heteroatoms. The molecule has 2 amide bonds. The maximum Gasteiger partial charge on any atom is 0.238 e. The zero-order valence-electron chi connectivity index (χ0n) is 24.4. The van der Waals surface area contributed by atoms with E-state index in [1.807, 2.05) is 78.9 Å². The SMILES string of the molecule is C/C(=C\c1ccccc1O)CC[C@H]1OC[C@H]2C1=C(C(C)C)C[C@H]1C(=O)N(c3ccc(Nc4ccccc4)cc3)C(=O)[C@H]12. The highest BCUT2D eigenvalue weighted by atomic mass is 16.5. The number of aromatic hydroxyl groups is 1. The van der Waals surface area contributed by atoms with Gasteiger partial charge >= 0.3 is 0 Å². The Bertz CT molecular complexity index is 1540. The third kappa shape index (κ3) is 5.27. The minimum atomic E-state index is -0.389. The van der Waals surface area contributed by atoms with Gasteiger partial charge in [-0.1, -0.05) is 67.5 Å². The van der Waals surface area contributed by atoms with E-state index < -0.39 is 0 Å². The molecule has 2 N–H and O–H groups in total. The third-order valence-corrected chi connectivity index (χ3v) is 8.97. The topological polar surface area (TPSA) is 78.9 Å². The first-order valence-electron chi connectivity index (χ1n) is 14.9. The number of fused-ring (bicyclic) bond motifs is 3. The number of amides is 2. The van der Waals surface area contributed by atoms with Gasteiger partial charge in [0.15, 0.2) is 0 Å². The van der Waals surface area contributed by atoms with Crippen molar-refractivity contribution >= 4 is 35.0 Å². The highest BCUT2D eigenvalue weighted by Crippen LogP contribution is 2.52. The van der Waals surface area contributed by atoms with E-state index in [1.54, 1.807) is 6.07 Å². The molecule has 2 aliphatic heterocycles. The van der Waals surface area contributed by atoms with E-state index in [-0.39, 0.29) is 47.3 Å². The Morgan fingerprint density at radius 1 is 0.952 bits per heavy atom. The predicted octanol–water partition coefficient (Wildman–Crippen LogP) is 7.50. The van der Waals surface area contributed by atoms with E-state index in [2.05, 4.69) is 26.1 Å². The van der Waals surface area contributed by atoms with Crippen LogP contribution in [-0.4, -0.2) is 29.6 Å². The number of nitrogens with zero attached hydrogens (tertiary/aromatic N) is 1. The van der Waals surface area contributed by atoms with Gasteiger partial charge < -0.3 is 15.2 Å². The lowest BCUT2D eigenvalue weighted by Gasteiger charge is -2.33. The summed E-state index contributed by atoms with van der Waals surface area (Å²) in [6.45, 7) is 6.89. The standard InChI is InChI=1S/C36H38N2O4/c1-22(2)28-20-29-34(30-21-42-32(33(28)30)18-13-23(3)19-24-9-7-8-12-31(24)39)36(41)38(35(29)40)27-16-14-26(15-17-27)37-25-10-5-4-6-11-25/h4-12,14-17,19,22,29-30,32,34,37,39H,13,18,20-21H2,1-3H3/b23-19+/t29-,30+,32-,34-/m1/s1. The van der Waals surface area contributed by atoms with E-state index >= 15 is 0 Å². The molecule has 0 saturated carbocycles. The molecule has 0 spiro atoms. The lowest BCUT2D eigenvalue weighted by Crippen LogP contribution is -2.35. The molecular weight excluding hydrogens is 524 g/mol. The maximum atomic E-state index is 13.9. The van der Waals surface area contributed by atoms with E-state index in [0.717, 1.165) is 35.4 Å². The van der Waals surface area contributed by atoms with Gasteiger partial charge in [-0.05, 0) is 80.1 Å². The fourth-order valence-electron chi connectivity index (χ4n) is 6.90. The highest BCUT2D eigenvalue weighted by Gasteiger charge is 2.57. The number of carbonyl (C=O) groups is 2. The molecule has 0 aromatic heterocycles. The molecular formula is C36H38N2O4. The number of carbonyl (C=O) groups excluding carboxylic acids is 2. The summed E-state index contributed by atoms with van der Waals surface area (Å²) in [6.07, 6.45) is 4.18. The number of rotatable bonds is 8. The molecule has 2 fully saturated rings. The molecule has 2 saturated heterocycles. The van der Waals surface area contributed by atoms with Gasteiger partial charge in [-0.2, -0.15) is 0 Å². The summed E-state index contributed by atoms with van der Waals surface area (Å²) in [7, 11) is 0. The van der Waals surface area contributed by atoms with E-state index in [4.69, 9.17) is 4.74 Å². The Labute approximate surface area is 247 Å². The van der Waals surface area contributed by atoms with Crippen molar-refractivity contribution in [3.8, 4) is 5.75 Å². The smallest absolute Gasteiger partial charge is 0.238 e. The van der Waals surface area contributed by atoms with E-state index in [1.165, 1.54) is 16.0 Å². The maximum absolute atomic E-state index is 13.9. The monoisotopic (exact) mass is 562 g/mol. The van der Waals surface area contributed by atoms with Crippen molar-refractivity contribution in [2.75, 3.05) is 16.8 Å². The van der Waals surface area contributed by atoms with Crippen LogP contribution in [0.5, 0.6) is 5.75 Å². The number of hydrogen-bond donors (Lipinski definition) is 2. The minimum Gasteiger partial charge on any atom is -0.507 e. The summed E-state index contributed by atoms with van der Waals surface area (Å²) in [5, 5.41) is 13.5. The number of benzene rings is 3. The zero-order valence-corrected chi connectivity index (χ0v) is 24.4. The van der Waals surface area contributed by atoms with Gasteiger partial charge in [-0.15, -0.1) is 0 Å². The van der Waals surface area contributed by atoms with E-state index in [9.17, 15) is 14.7 Å². The van der Waals surface area contributed by atoms with Gasteiger partial charge in [0.1, 0.15) is 5.75 Å². The molecule has 3 aliphatic rings. The van der Waals surface area contributed by atoms with Crippen LogP contribution in [-0.2, 0) is 14.3 Å². The van der Waals surface area contributed by atoms with Crippen molar-refractivity contribution in [1.29, 1.82) is 0 Å².